The summed E-state index contributed by atoms with van der Waals surface area (Å²) < 4.78 is 5.09. The van der Waals surface area contributed by atoms with Crippen molar-refractivity contribution in [2.24, 2.45) is 5.41 Å². The lowest BCUT2D eigenvalue weighted by atomic mass is 9.87. The first-order valence-electron chi connectivity index (χ1n) is 4.72. The van der Waals surface area contributed by atoms with Crippen LogP contribution in [0.1, 0.15) is 19.8 Å². The molecule has 3 nitrogen and oxygen atoms in total. The van der Waals surface area contributed by atoms with Crippen LogP contribution in [-0.2, 0) is 4.74 Å². The number of unbranched alkanes of at least 4 members (excludes halogenated alkanes) is 1. The van der Waals surface area contributed by atoms with Gasteiger partial charge in [0.15, 0.2) is 0 Å². The highest BCUT2D eigenvalue weighted by atomic mass is 16.5. The highest BCUT2D eigenvalue weighted by molar-refractivity contribution is 4.86. The molecule has 0 aliphatic carbocycles. The standard InChI is InChI=1S/C9H19NO2/c1-2-3-4-10-5-9(6-11)7-12-8-9/h10-11H,2-8H2,1H3. The summed E-state index contributed by atoms with van der Waals surface area (Å²) >= 11 is 0. The Labute approximate surface area is 74.1 Å². The lowest BCUT2D eigenvalue weighted by molar-refractivity contribution is -0.134. The fraction of sp³-hybridized carbons (Fsp3) is 1.00. The summed E-state index contributed by atoms with van der Waals surface area (Å²) in [5, 5.41) is 12.4. The number of aliphatic hydroxyl groups is 1. The van der Waals surface area contributed by atoms with Crippen molar-refractivity contribution in [3.8, 4) is 0 Å². The maximum absolute atomic E-state index is 9.07. The molecule has 1 rings (SSSR count). The molecule has 0 radical (unpaired) electrons. The topological polar surface area (TPSA) is 41.5 Å². The van der Waals surface area contributed by atoms with Crippen LogP contribution in [0.2, 0.25) is 0 Å². The molecule has 0 aromatic carbocycles. The van der Waals surface area contributed by atoms with Crippen LogP contribution in [0.3, 0.4) is 0 Å². The van der Waals surface area contributed by atoms with E-state index in [1.807, 2.05) is 0 Å². The van der Waals surface area contributed by atoms with Crippen LogP contribution in [-0.4, -0.2) is 38.0 Å². The van der Waals surface area contributed by atoms with Gasteiger partial charge in [-0.25, -0.2) is 0 Å². The maximum Gasteiger partial charge on any atom is 0.0579 e. The predicted molar refractivity (Wildman–Crippen MR) is 48.1 cm³/mol. The summed E-state index contributed by atoms with van der Waals surface area (Å²) in [5.41, 5.74) is 0.0355. The summed E-state index contributed by atoms with van der Waals surface area (Å²) in [6.45, 7) is 5.79. The molecule has 0 amide bonds. The number of nitrogens with one attached hydrogen (secondary N) is 1. The van der Waals surface area contributed by atoms with E-state index in [9.17, 15) is 0 Å². The van der Waals surface area contributed by atoms with E-state index in [2.05, 4.69) is 12.2 Å². The molecule has 1 aliphatic heterocycles. The third-order valence-electron chi connectivity index (χ3n) is 2.36. The zero-order chi connectivity index (χ0) is 8.86. The fourth-order valence-electron chi connectivity index (χ4n) is 1.30. The van der Waals surface area contributed by atoms with Crippen LogP contribution in [0.4, 0.5) is 0 Å². The first-order chi connectivity index (χ1) is 5.83. The molecule has 72 valence electrons. The van der Waals surface area contributed by atoms with Gasteiger partial charge in [-0.15, -0.1) is 0 Å². The molecule has 0 atom stereocenters. The Morgan fingerprint density at radius 2 is 2.25 bits per heavy atom. The normalized spacial score (nSPS) is 20.5. The number of hydrogen-bond acceptors (Lipinski definition) is 3. The van der Waals surface area contributed by atoms with E-state index < -0.39 is 0 Å². The van der Waals surface area contributed by atoms with Crippen molar-refractivity contribution in [2.45, 2.75) is 19.8 Å². The van der Waals surface area contributed by atoms with E-state index in [-0.39, 0.29) is 12.0 Å². The SMILES string of the molecule is CCCCNCC1(CO)COC1. The second kappa shape index (κ2) is 4.80. The minimum atomic E-state index is 0.0355. The molecule has 1 saturated heterocycles. The number of hydrogen-bond donors (Lipinski definition) is 2. The smallest absolute Gasteiger partial charge is 0.0579 e. The number of aliphatic hydroxyl groups excluding tert-OH is 1. The van der Waals surface area contributed by atoms with Crippen LogP contribution < -0.4 is 5.32 Å². The third kappa shape index (κ3) is 2.44. The van der Waals surface area contributed by atoms with Gasteiger partial charge in [0.1, 0.15) is 0 Å². The molecule has 1 heterocycles. The molecule has 0 bridgehead atoms. The lowest BCUT2D eigenvalue weighted by Gasteiger charge is -2.40. The molecule has 0 aromatic heterocycles. The summed E-state index contributed by atoms with van der Waals surface area (Å²) in [6, 6.07) is 0. The van der Waals surface area contributed by atoms with Gasteiger partial charge in [0.25, 0.3) is 0 Å². The molecule has 0 saturated carbocycles. The molecule has 0 aromatic rings. The zero-order valence-electron chi connectivity index (χ0n) is 7.81. The lowest BCUT2D eigenvalue weighted by Crippen LogP contribution is -2.52. The molecule has 2 N–H and O–H groups in total. The van der Waals surface area contributed by atoms with Crippen molar-refractivity contribution in [2.75, 3.05) is 32.9 Å². The number of rotatable bonds is 6. The van der Waals surface area contributed by atoms with Crippen LogP contribution in [0.15, 0.2) is 0 Å². The van der Waals surface area contributed by atoms with Gasteiger partial charge in [-0.3, -0.25) is 0 Å². The van der Waals surface area contributed by atoms with Crippen LogP contribution in [0.25, 0.3) is 0 Å². The molecule has 0 spiro atoms. The molecule has 1 aliphatic rings. The van der Waals surface area contributed by atoms with Gasteiger partial charge in [0, 0.05) is 6.54 Å². The molecular formula is C9H19NO2. The van der Waals surface area contributed by atoms with Crippen LogP contribution >= 0.6 is 0 Å². The quantitative estimate of drug-likeness (QED) is 0.571. The fourth-order valence-corrected chi connectivity index (χ4v) is 1.30. The van der Waals surface area contributed by atoms with Gasteiger partial charge in [-0.1, -0.05) is 13.3 Å². The van der Waals surface area contributed by atoms with Crippen LogP contribution in [0.5, 0.6) is 0 Å². The Kier molecular flexibility index (Phi) is 3.98. The minimum Gasteiger partial charge on any atom is -0.396 e. The maximum atomic E-state index is 9.07. The average Bonchev–Trinajstić information content (AvgIpc) is 2.02. The average molecular weight is 173 g/mol. The Morgan fingerprint density at radius 1 is 1.50 bits per heavy atom. The summed E-state index contributed by atoms with van der Waals surface area (Å²) in [7, 11) is 0. The van der Waals surface area contributed by atoms with Crippen molar-refractivity contribution >= 4 is 0 Å². The molecule has 0 unspecified atom stereocenters. The van der Waals surface area contributed by atoms with E-state index in [1.54, 1.807) is 0 Å². The second-order valence-electron chi connectivity index (χ2n) is 3.68. The van der Waals surface area contributed by atoms with Gasteiger partial charge in [0.05, 0.1) is 25.2 Å². The van der Waals surface area contributed by atoms with Crippen molar-refractivity contribution in [1.82, 2.24) is 5.32 Å². The molecular weight excluding hydrogens is 154 g/mol. The van der Waals surface area contributed by atoms with Gasteiger partial charge >= 0.3 is 0 Å². The van der Waals surface area contributed by atoms with E-state index in [0.29, 0.717) is 13.2 Å². The van der Waals surface area contributed by atoms with E-state index in [4.69, 9.17) is 9.84 Å². The highest BCUT2D eigenvalue weighted by Gasteiger charge is 2.37. The zero-order valence-corrected chi connectivity index (χ0v) is 7.81. The first kappa shape index (κ1) is 9.96. The Hall–Kier alpha value is -0.120. The van der Waals surface area contributed by atoms with Gasteiger partial charge < -0.3 is 15.2 Å². The van der Waals surface area contributed by atoms with Gasteiger partial charge in [0.2, 0.25) is 0 Å². The Morgan fingerprint density at radius 3 is 2.67 bits per heavy atom. The van der Waals surface area contributed by atoms with Crippen molar-refractivity contribution in [1.29, 1.82) is 0 Å². The first-order valence-corrected chi connectivity index (χ1v) is 4.72. The summed E-state index contributed by atoms with van der Waals surface area (Å²) in [5.74, 6) is 0. The van der Waals surface area contributed by atoms with Crippen molar-refractivity contribution in [3.05, 3.63) is 0 Å². The Bertz CT molecular complexity index is 118. The summed E-state index contributed by atoms with van der Waals surface area (Å²) in [6.07, 6.45) is 2.43. The van der Waals surface area contributed by atoms with Crippen LogP contribution in [0, 0.1) is 5.41 Å². The molecule has 3 heteroatoms. The second-order valence-corrected chi connectivity index (χ2v) is 3.68. The van der Waals surface area contributed by atoms with E-state index in [0.717, 1.165) is 13.1 Å². The monoisotopic (exact) mass is 173 g/mol. The highest BCUT2D eigenvalue weighted by Crippen LogP contribution is 2.25. The number of ether oxygens (including phenoxy) is 1. The van der Waals surface area contributed by atoms with Crippen molar-refractivity contribution in [3.63, 3.8) is 0 Å². The van der Waals surface area contributed by atoms with Gasteiger partial charge in [-0.2, -0.15) is 0 Å². The third-order valence-corrected chi connectivity index (χ3v) is 2.36. The predicted octanol–water partition coefficient (Wildman–Crippen LogP) is 0.385. The minimum absolute atomic E-state index is 0.0355. The molecule has 12 heavy (non-hydrogen) atoms. The van der Waals surface area contributed by atoms with E-state index in [1.165, 1.54) is 12.8 Å². The largest absolute Gasteiger partial charge is 0.396 e. The summed E-state index contributed by atoms with van der Waals surface area (Å²) in [4.78, 5) is 0. The van der Waals surface area contributed by atoms with Gasteiger partial charge in [-0.05, 0) is 13.0 Å². The molecule has 1 fully saturated rings. The van der Waals surface area contributed by atoms with Crippen molar-refractivity contribution < 1.29 is 9.84 Å². The Balaban J connectivity index is 2.04. The van der Waals surface area contributed by atoms with E-state index >= 15 is 0 Å².